The van der Waals surface area contributed by atoms with Crippen molar-refractivity contribution in [1.82, 2.24) is 4.83 Å². The molecule has 4 rings (SSSR count). The molecular formula is C17H20N2O3S. The van der Waals surface area contributed by atoms with Crippen LogP contribution in [-0.2, 0) is 10.0 Å². The molecule has 0 radical (unpaired) electrons. The molecule has 0 bridgehead atoms. The lowest BCUT2D eigenvalue weighted by molar-refractivity contribution is 0.151. The van der Waals surface area contributed by atoms with E-state index in [2.05, 4.69) is 22.1 Å². The SMILES string of the molecule is Cc1ccc(S(=O)(=O)N/N=C2\C[C@@H]3C=C[C@@H]4C[C@H](O)[C@@H]2[C@@H]43)cc1. The highest BCUT2D eigenvalue weighted by molar-refractivity contribution is 7.89. The molecule has 0 aliphatic heterocycles. The van der Waals surface area contributed by atoms with Gasteiger partial charge in [-0.1, -0.05) is 29.8 Å². The van der Waals surface area contributed by atoms with Gasteiger partial charge in [0.15, 0.2) is 0 Å². The van der Waals surface area contributed by atoms with Gasteiger partial charge in [-0.25, -0.2) is 4.83 Å². The third kappa shape index (κ3) is 2.40. The van der Waals surface area contributed by atoms with E-state index < -0.39 is 16.1 Å². The number of hydrogen-bond acceptors (Lipinski definition) is 4. The third-order valence-corrected chi connectivity index (χ3v) is 6.63. The molecule has 3 aliphatic rings. The minimum atomic E-state index is -3.66. The van der Waals surface area contributed by atoms with E-state index in [0.29, 0.717) is 17.8 Å². The van der Waals surface area contributed by atoms with Crippen molar-refractivity contribution in [2.75, 3.05) is 0 Å². The van der Waals surface area contributed by atoms with Crippen LogP contribution < -0.4 is 4.83 Å². The molecule has 2 N–H and O–H groups in total. The van der Waals surface area contributed by atoms with Crippen molar-refractivity contribution in [1.29, 1.82) is 0 Å². The molecule has 6 heteroatoms. The van der Waals surface area contributed by atoms with Crippen LogP contribution >= 0.6 is 0 Å². The zero-order valence-electron chi connectivity index (χ0n) is 12.9. The summed E-state index contributed by atoms with van der Waals surface area (Å²) in [5, 5.41) is 14.5. The van der Waals surface area contributed by atoms with E-state index in [4.69, 9.17) is 0 Å². The van der Waals surface area contributed by atoms with Crippen molar-refractivity contribution in [2.45, 2.75) is 30.8 Å². The number of benzene rings is 1. The molecule has 0 heterocycles. The second-order valence-electron chi connectivity index (χ2n) is 6.83. The Kier molecular flexibility index (Phi) is 3.35. The molecule has 1 aromatic rings. The summed E-state index contributed by atoms with van der Waals surface area (Å²) in [7, 11) is -3.66. The third-order valence-electron chi connectivity index (χ3n) is 5.41. The summed E-state index contributed by atoms with van der Waals surface area (Å²) < 4.78 is 24.7. The number of hydrogen-bond donors (Lipinski definition) is 2. The Balaban J connectivity index is 1.57. The minimum Gasteiger partial charge on any atom is -0.392 e. The van der Waals surface area contributed by atoms with Crippen LogP contribution in [0.1, 0.15) is 18.4 Å². The van der Waals surface area contributed by atoms with Gasteiger partial charge in [0.2, 0.25) is 0 Å². The van der Waals surface area contributed by atoms with Gasteiger partial charge >= 0.3 is 0 Å². The maximum absolute atomic E-state index is 12.3. The predicted molar refractivity (Wildman–Crippen MR) is 87.3 cm³/mol. The van der Waals surface area contributed by atoms with Crippen LogP contribution in [-0.4, -0.2) is 25.3 Å². The molecule has 3 aliphatic carbocycles. The average Bonchev–Trinajstić information content (AvgIpc) is 3.14. The van der Waals surface area contributed by atoms with Crippen molar-refractivity contribution >= 4 is 15.7 Å². The Morgan fingerprint density at radius 2 is 1.87 bits per heavy atom. The number of hydrazone groups is 1. The fourth-order valence-electron chi connectivity index (χ4n) is 4.34. The van der Waals surface area contributed by atoms with Crippen molar-refractivity contribution in [3.63, 3.8) is 0 Å². The lowest BCUT2D eigenvalue weighted by Gasteiger charge is -2.15. The van der Waals surface area contributed by atoms with Gasteiger partial charge in [-0.3, -0.25) is 0 Å². The minimum absolute atomic E-state index is 0.0132. The smallest absolute Gasteiger partial charge is 0.276 e. The molecule has 0 unspecified atom stereocenters. The topological polar surface area (TPSA) is 78.8 Å². The predicted octanol–water partition coefficient (Wildman–Crippen LogP) is 1.83. The highest BCUT2D eigenvalue weighted by Crippen LogP contribution is 2.53. The first-order chi connectivity index (χ1) is 11.0. The van der Waals surface area contributed by atoms with E-state index in [-0.39, 0.29) is 10.8 Å². The van der Waals surface area contributed by atoms with Gasteiger partial charge in [-0.05, 0) is 49.7 Å². The highest BCUT2D eigenvalue weighted by atomic mass is 32.2. The van der Waals surface area contributed by atoms with Crippen LogP contribution in [0.2, 0.25) is 0 Å². The summed E-state index contributed by atoms with van der Waals surface area (Å²) in [5.41, 5.74) is 1.79. The van der Waals surface area contributed by atoms with Gasteiger partial charge in [0.05, 0.1) is 11.0 Å². The lowest BCUT2D eigenvalue weighted by Crippen LogP contribution is -2.26. The molecule has 5 nitrogen and oxygen atoms in total. The Morgan fingerprint density at radius 1 is 1.17 bits per heavy atom. The molecule has 0 spiro atoms. The van der Waals surface area contributed by atoms with E-state index in [0.717, 1.165) is 24.1 Å². The van der Waals surface area contributed by atoms with Crippen LogP contribution in [0, 0.1) is 30.6 Å². The quantitative estimate of drug-likeness (QED) is 0.655. The fourth-order valence-corrected chi connectivity index (χ4v) is 5.18. The first-order valence-electron chi connectivity index (χ1n) is 7.97. The molecule has 5 atom stereocenters. The van der Waals surface area contributed by atoms with Gasteiger partial charge in [0.25, 0.3) is 10.0 Å². The molecular weight excluding hydrogens is 312 g/mol. The summed E-state index contributed by atoms with van der Waals surface area (Å²) in [5.74, 6) is 1.19. The number of nitrogens with zero attached hydrogens (tertiary/aromatic N) is 1. The average molecular weight is 332 g/mol. The van der Waals surface area contributed by atoms with Crippen LogP contribution in [0.25, 0.3) is 0 Å². The van der Waals surface area contributed by atoms with Crippen molar-refractivity contribution < 1.29 is 13.5 Å². The van der Waals surface area contributed by atoms with E-state index in [1.807, 2.05) is 6.92 Å². The normalized spacial score (nSPS) is 36.6. The molecule has 2 fully saturated rings. The summed E-state index contributed by atoms with van der Waals surface area (Å²) in [6.07, 6.45) is 5.47. The van der Waals surface area contributed by atoms with Gasteiger partial charge in [0, 0.05) is 11.6 Å². The van der Waals surface area contributed by atoms with Gasteiger partial charge in [-0.15, -0.1) is 0 Å². The molecule has 1 aromatic carbocycles. The molecule has 2 saturated carbocycles. The summed E-state index contributed by atoms with van der Waals surface area (Å²) >= 11 is 0. The first-order valence-corrected chi connectivity index (χ1v) is 9.45. The Morgan fingerprint density at radius 3 is 2.61 bits per heavy atom. The van der Waals surface area contributed by atoms with Crippen LogP contribution in [0.15, 0.2) is 46.4 Å². The molecule has 0 amide bonds. The summed E-state index contributed by atoms with van der Waals surface area (Å²) in [6.45, 7) is 1.91. The number of rotatable bonds is 3. The summed E-state index contributed by atoms with van der Waals surface area (Å²) in [6, 6.07) is 6.67. The van der Waals surface area contributed by atoms with Crippen LogP contribution in [0.3, 0.4) is 0 Å². The molecule has 0 aromatic heterocycles. The largest absolute Gasteiger partial charge is 0.392 e. The fraction of sp³-hybridized carbons (Fsp3) is 0.471. The first kappa shape index (κ1) is 14.9. The molecule has 0 saturated heterocycles. The van der Waals surface area contributed by atoms with Gasteiger partial charge < -0.3 is 5.11 Å². The van der Waals surface area contributed by atoms with Crippen LogP contribution in [0.5, 0.6) is 0 Å². The van der Waals surface area contributed by atoms with E-state index >= 15 is 0 Å². The van der Waals surface area contributed by atoms with E-state index in [9.17, 15) is 13.5 Å². The monoisotopic (exact) mass is 332 g/mol. The van der Waals surface area contributed by atoms with Crippen molar-refractivity contribution in [3.8, 4) is 0 Å². The number of nitrogens with one attached hydrogen (secondary N) is 1. The number of aryl methyl sites for hydroxylation is 1. The molecule has 23 heavy (non-hydrogen) atoms. The number of allylic oxidation sites excluding steroid dienone is 2. The van der Waals surface area contributed by atoms with Gasteiger partial charge in [0.1, 0.15) is 0 Å². The maximum Gasteiger partial charge on any atom is 0.276 e. The van der Waals surface area contributed by atoms with Crippen molar-refractivity contribution in [2.24, 2.45) is 28.8 Å². The Bertz CT molecular complexity index is 783. The zero-order chi connectivity index (χ0) is 16.2. The highest BCUT2D eigenvalue weighted by Gasteiger charge is 2.54. The lowest BCUT2D eigenvalue weighted by atomic mass is 9.91. The number of aliphatic hydroxyl groups is 1. The number of sulfonamides is 1. The Hall–Kier alpha value is -1.66. The van der Waals surface area contributed by atoms with Crippen molar-refractivity contribution in [3.05, 3.63) is 42.0 Å². The standard InChI is InChI=1S/C17H20N2O3S/c1-10-2-6-13(7-3-10)23(21,22)19-18-14-8-11-4-5-12-9-15(20)17(14)16(11)12/h2-7,11-12,15-17,19-20H,8-9H2,1H3/b18-14+/t11-,12+,15-,16+,17+/m0/s1. The van der Waals surface area contributed by atoms with E-state index in [1.54, 1.807) is 24.3 Å². The molecule has 122 valence electrons. The number of aliphatic hydroxyl groups excluding tert-OH is 1. The maximum atomic E-state index is 12.3. The van der Waals surface area contributed by atoms with E-state index in [1.165, 1.54) is 0 Å². The van der Waals surface area contributed by atoms with Crippen LogP contribution in [0.4, 0.5) is 0 Å². The second kappa shape index (κ2) is 5.18. The second-order valence-corrected chi connectivity index (χ2v) is 8.49. The summed E-state index contributed by atoms with van der Waals surface area (Å²) in [4.78, 5) is 2.56. The van der Waals surface area contributed by atoms with Gasteiger partial charge in [-0.2, -0.15) is 13.5 Å². The Labute approximate surface area is 136 Å². The zero-order valence-corrected chi connectivity index (χ0v) is 13.7.